The summed E-state index contributed by atoms with van der Waals surface area (Å²) >= 11 is 0. The molecular formula is C12H17N3O3S. The predicted molar refractivity (Wildman–Crippen MR) is 74.0 cm³/mol. The van der Waals surface area contributed by atoms with E-state index < -0.39 is 10.0 Å². The first kappa shape index (κ1) is 13.8. The number of nitrogens with zero attached hydrogens (tertiary/aromatic N) is 1. The van der Waals surface area contributed by atoms with Crippen LogP contribution in [-0.2, 0) is 14.8 Å². The lowest BCUT2D eigenvalue weighted by Gasteiger charge is -2.23. The highest BCUT2D eigenvalue weighted by Gasteiger charge is 2.28. The van der Waals surface area contributed by atoms with Gasteiger partial charge in [0.1, 0.15) is 4.90 Å². The van der Waals surface area contributed by atoms with E-state index in [1.54, 1.807) is 20.1 Å². The Morgan fingerprint density at radius 2 is 2.05 bits per heavy atom. The molecule has 0 aliphatic carbocycles. The summed E-state index contributed by atoms with van der Waals surface area (Å²) in [6.45, 7) is 4.53. The number of ether oxygens (including phenoxy) is 1. The molecule has 0 saturated heterocycles. The molecule has 0 spiro atoms. The Kier molecular flexibility index (Phi) is 3.77. The Hall–Kier alpha value is -1.60. The molecule has 1 aliphatic heterocycles. The summed E-state index contributed by atoms with van der Waals surface area (Å²) in [4.78, 5) is 4.40. The van der Waals surface area contributed by atoms with E-state index in [2.05, 4.69) is 15.0 Å². The van der Waals surface area contributed by atoms with Gasteiger partial charge < -0.3 is 10.1 Å². The molecule has 0 unspecified atom stereocenters. The molecule has 104 valence electrons. The summed E-state index contributed by atoms with van der Waals surface area (Å²) in [7, 11) is -1.99. The average Bonchev–Trinajstić information content (AvgIpc) is 2.26. The first-order valence-electron chi connectivity index (χ1n) is 5.88. The Bertz CT molecular complexity index is 623. The van der Waals surface area contributed by atoms with E-state index in [9.17, 15) is 8.42 Å². The summed E-state index contributed by atoms with van der Waals surface area (Å²) in [6.07, 6.45) is 0. The maximum Gasteiger partial charge on any atom is 0.266 e. The number of benzene rings is 1. The minimum absolute atomic E-state index is 0.231. The molecule has 7 heteroatoms. The number of sulfonamides is 1. The first-order chi connectivity index (χ1) is 8.94. The van der Waals surface area contributed by atoms with Crippen LogP contribution in [0.3, 0.4) is 0 Å². The van der Waals surface area contributed by atoms with E-state index >= 15 is 0 Å². The number of fused-ring (bicyclic) bond motifs is 1. The van der Waals surface area contributed by atoms with Crippen molar-refractivity contribution in [2.75, 3.05) is 25.6 Å². The second kappa shape index (κ2) is 5.18. The highest BCUT2D eigenvalue weighted by Crippen LogP contribution is 2.29. The minimum atomic E-state index is -3.56. The lowest BCUT2D eigenvalue weighted by molar-refractivity contribution is 0.208. The van der Waals surface area contributed by atoms with Crippen LogP contribution in [0.4, 0.5) is 5.69 Å². The number of aryl methyl sites for hydroxylation is 2. The van der Waals surface area contributed by atoms with Crippen LogP contribution in [0, 0.1) is 13.8 Å². The molecule has 0 bridgehead atoms. The Balaban J connectivity index is 2.42. The third-order valence-electron chi connectivity index (χ3n) is 2.74. The third-order valence-corrected chi connectivity index (χ3v) is 4.28. The molecule has 6 nitrogen and oxygen atoms in total. The van der Waals surface area contributed by atoms with Gasteiger partial charge in [-0.05, 0) is 31.0 Å². The SMILES string of the molecule is COCCN=C1Nc2cc(C)cc(C)c2S(=O)(=O)N1. The Morgan fingerprint density at radius 1 is 1.32 bits per heavy atom. The highest BCUT2D eigenvalue weighted by atomic mass is 32.2. The molecule has 2 N–H and O–H groups in total. The second-order valence-corrected chi connectivity index (χ2v) is 6.03. The van der Waals surface area contributed by atoms with Crippen LogP contribution in [0.1, 0.15) is 11.1 Å². The van der Waals surface area contributed by atoms with Gasteiger partial charge in [0.15, 0.2) is 0 Å². The molecule has 1 aromatic rings. The van der Waals surface area contributed by atoms with Crippen LogP contribution in [0.25, 0.3) is 0 Å². The highest BCUT2D eigenvalue weighted by molar-refractivity contribution is 7.90. The fraction of sp³-hybridized carbons (Fsp3) is 0.417. The van der Waals surface area contributed by atoms with Gasteiger partial charge in [0.05, 0.1) is 18.8 Å². The summed E-state index contributed by atoms with van der Waals surface area (Å²) in [5.41, 5.74) is 2.27. The summed E-state index contributed by atoms with van der Waals surface area (Å²) in [6, 6.07) is 3.64. The summed E-state index contributed by atoms with van der Waals surface area (Å²) < 4.78 is 31.7. The Labute approximate surface area is 112 Å². The topological polar surface area (TPSA) is 79.8 Å². The molecule has 0 fully saturated rings. The molecular weight excluding hydrogens is 266 g/mol. The second-order valence-electron chi connectivity index (χ2n) is 4.41. The van der Waals surface area contributed by atoms with E-state index in [-0.39, 0.29) is 10.9 Å². The molecule has 2 rings (SSSR count). The lowest BCUT2D eigenvalue weighted by Crippen LogP contribution is -2.41. The third kappa shape index (κ3) is 2.87. The molecule has 1 heterocycles. The van der Waals surface area contributed by atoms with Crippen LogP contribution in [-0.4, -0.2) is 34.6 Å². The van der Waals surface area contributed by atoms with Crippen molar-refractivity contribution >= 4 is 21.7 Å². The number of methoxy groups -OCH3 is 1. The molecule has 0 aromatic heterocycles. The largest absolute Gasteiger partial charge is 0.383 e. The average molecular weight is 283 g/mol. The number of rotatable bonds is 3. The van der Waals surface area contributed by atoms with Gasteiger partial charge >= 0.3 is 0 Å². The van der Waals surface area contributed by atoms with Crippen molar-refractivity contribution in [1.82, 2.24) is 4.72 Å². The van der Waals surface area contributed by atoms with E-state index in [1.165, 1.54) is 0 Å². The zero-order chi connectivity index (χ0) is 14.0. The van der Waals surface area contributed by atoms with Gasteiger partial charge in [-0.2, -0.15) is 0 Å². The zero-order valence-corrected chi connectivity index (χ0v) is 12.0. The number of guanidine groups is 1. The number of aliphatic imine (C=N–C) groups is 1. The quantitative estimate of drug-likeness (QED) is 0.811. The van der Waals surface area contributed by atoms with Gasteiger partial charge in [0, 0.05) is 7.11 Å². The van der Waals surface area contributed by atoms with Crippen LogP contribution in [0.2, 0.25) is 0 Å². The fourth-order valence-corrected chi connectivity index (χ4v) is 3.41. The van der Waals surface area contributed by atoms with Gasteiger partial charge in [0.25, 0.3) is 10.0 Å². The molecule has 1 aliphatic rings. The monoisotopic (exact) mass is 283 g/mol. The zero-order valence-electron chi connectivity index (χ0n) is 11.1. The van der Waals surface area contributed by atoms with E-state index in [4.69, 9.17) is 4.74 Å². The van der Waals surface area contributed by atoms with Crippen molar-refractivity contribution < 1.29 is 13.2 Å². The minimum Gasteiger partial charge on any atom is -0.383 e. The molecule has 0 saturated carbocycles. The van der Waals surface area contributed by atoms with Crippen molar-refractivity contribution in [3.8, 4) is 0 Å². The van der Waals surface area contributed by atoms with E-state index in [1.807, 2.05) is 13.0 Å². The summed E-state index contributed by atoms with van der Waals surface area (Å²) in [5.74, 6) is 0.231. The van der Waals surface area contributed by atoms with E-state index in [0.29, 0.717) is 24.4 Å². The van der Waals surface area contributed by atoms with Crippen molar-refractivity contribution in [3.63, 3.8) is 0 Å². The van der Waals surface area contributed by atoms with Gasteiger partial charge in [-0.15, -0.1) is 0 Å². The van der Waals surface area contributed by atoms with Crippen molar-refractivity contribution in [3.05, 3.63) is 23.3 Å². The fourth-order valence-electron chi connectivity index (χ4n) is 2.06. The maximum atomic E-state index is 12.2. The molecule has 19 heavy (non-hydrogen) atoms. The Morgan fingerprint density at radius 3 is 2.74 bits per heavy atom. The van der Waals surface area contributed by atoms with Crippen LogP contribution in [0.5, 0.6) is 0 Å². The molecule has 0 radical (unpaired) electrons. The van der Waals surface area contributed by atoms with Crippen LogP contribution < -0.4 is 10.0 Å². The standard InChI is InChI=1S/C12H17N3O3S/c1-8-6-9(2)11-10(7-8)14-12(13-4-5-18-3)15-19(11,16)17/h6-7H,4-5H2,1-3H3,(H2,13,14,15). The first-order valence-corrected chi connectivity index (χ1v) is 7.37. The number of anilines is 1. The van der Waals surface area contributed by atoms with Gasteiger partial charge in [-0.25, -0.2) is 18.1 Å². The van der Waals surface area contributed by atoms with Gasteiger partial charge in [0.2, 0.25) is 5.96 Å². The molecule has 0 amide bonds. The molecule has 0 atom stereocenters. The lowest BCUT2D eigenvalue weighted by atomic mass is 10.1. The summed E-state index contributed by atoms with van der Waals surface area (Å²) in [5, 5.41) is 3.00. The normalized spacial score (nSPS) is 18.6. The predicted octanol–water partition coefficient (Wildman–Crippen LogP) is 1.01. The van der Waals surface area contributed by atoms with Crippen LogP contribution in [0.15, 0.2) is 22.0 Å². The van der Waals surface area contributed by atoms with Crippen molar-refractivity contribution in [2.45, 2.75) is 18.7 Å². The number of nitrogens with one attached hydrogen (secondary N) is 2. The number of hydrogen-bond donors (Lipinski definition) is 2. The van der Waals surface area contributed by atoms with Gasteiger partial charge in [-0.3, -0.25) is 0 Å². The van der Waals surface area contributed by atoms with Gasteiger partial charge in [-0.1, -0.05) is 6.07 Å². The van der Waals surface area contributed by atoms with E-state index in [0.717, 1.165) is 5.56 Å². The van der Waals surface area contributed by atoms with Crippen molar-refractivity contribution in [2.24, 2.45) is 4.99 Å². The number of hydrogen-bond acceptors (Lipinski definition) is 4. The smallest absolute Gasteiger partial charge is 0.266 e. The maximum absolute atomic E-state index is 12.2. The molecule has 1 aromatic carbocycles. The van der Waals surface area contributed by atoms with Crippen LogP contribution >= 0.6 is 0 Å². The van der Waals surface area contributed by atoms with Crippen molar-refractivity contribution in [1.29, 1.82) is 0 Å².